The van der Waals surface area contributed by atoms with E-state index in [-0.39, 0.29) is 24.9 Å². The predicted molar refractivity (Wildman–Crippen MR) is 152 cm³/mol. The van der Waals surface area contributed by atoms with Gasteiger partial charge in [0, 0.05) is 17.6 Å². The van der Waals surface area contributed by atoms with Crippen molar-refractivity contribution in [2.24, 2.45) is 5.92 Å². The molecule has 38 heavy (non-hydrogen) atoms. The number of aryl methyl sites for hydroxylation is 2. The van der Waals surface area contributed by atoms with Gasteiger partial charge in [-0.1, -0.05) is 62.4 Å². The Kier molecular flexibility index (Phi) is 8.20. The molecule has 0 aliphatic heterocycles. The Morgan fingerprint density at radius 3 is 2.39 bits per heavy atom. The highest BCUT2D eigenvalue weighted by molar-refractivity contribution is 6.09. The van der Waals surface area contributed by atoms with E-state index in [0.717, 1.165) is 38.9 Å². The number of nitrogens with zero attached hydrogens (tertiary/aromatic N) is 1. The highest BCUT2D eigenvalue weighted by atomic mass is 16.5. The van der Waals surface area contributed by atoms with Crippen molar-refractivity contribution in [1.82, 2.24) is 4.57 Å². The van der Waals surface area contributed by atoms with Crippen LogP contribution in [0.1, 0.15) is 54.6 Å². The van der Waals surface area contributed by atoms with E-state index in [9.17, 15) is 14.7 Å². The molecule has 198 valence electrons. The van der Waals surface area contributed by atoms with E-state index in [4.69, 9.17) is 4.74 Å². The van der Waals surface area contributed by atoms with E-state index in [2.05, 4.69) is 42.8 Å². The Balaban J connectivity index is 1.67. The average Bonchev–Trinajstić information content (AvgIpc) is 3.22. The van der Waals surface area contributed by atoms with Gasteiger partial charge in [0.1, 0.15) is 11.7 Å². The Bertz CT molecular complexity index is 1450. The number of aromatic nitrogens is 1. The molecule has 1 unspecified atom stereocenters. The molecule has 0 fully saturated rings. The minimum absolute atomic E-state index is 0.212. The maximum absolute atomic E-state index is 13.4. The first kappa shape index (κ1) is 27.0. The van der Waals surface area contributed by atoms with Crippen molar-refractivity contribution < 1.29 is 19.4 Å². The summed E-state index contributed by atoms with van der Waals surface area (Å²) in [6.45, 7) is 10.8. The molecule has 0 bridgehead atoms. The lowest BCUT2D eigenvalue weighted by molar-refractivity contribution is -0.150. The van der Waals surface area contributed by atoms with Gasteiger partial charge in [0.15, 0.2) is 0 Å². The number of benzene rings is 3. The van der Waals surface area contributed by atoms with E-state index in [1.807, 2.05) is 55.5 Å². The highest BCUT2D eigenvalue weighted by Crippen LogP contribution is 2.32. The van der Waals surface area contributed by atoms with Crippen LogP contribution in [0.2, 0.25) is 0 Å². The molecule has 0 saturated carbocycles. The van der Waals surface area contributed by atoms with E-state index in [1.165, 1.54) is 0 Å². The number of fused-ring (bicyclic) bond motifs is 1. The summed E-state index contributed by atoms with van der Waals surface area (Å²) in [7, 11) is 0. The quantitative estimate of drug-likeness (QED) is 0.198. The zero-order chi connectivity index (χ0) is 27.4. The van der Waals surface area contributed by atoms with Crippen LogP contribution in [0.5, 0.6) is 5.75 Å². The summed E-state index contributed by atoms with van der Waals surface area (Å²) in [6, 6.07) is 21.2. The second kappa shape index (κ2) is 11.5. The van der Waals surface area contributed by atoms with Gasteiger partial charge in [-0.2, -0.15) is 0 Å². The molecule has 1 amide bonds. The smallest absolute Gasteiger partial charge is 0.318 e. The van der Waals surface area contributed by atoms with Crippen LogP contribution < -0.4 is 5.32 Å². The minimum Gasteiger partial charge on any atom is -0.508 e. The van der Waals surface area contributed by atoms with Crippen molar-refractivity contribution in [2.75, 3.05) is 11.9 Å². The van der Waals surface area contributed by atoms with E-state index in [0.29, 0.717) is 18.0 Å². The molecule has 0 aliphatic carbocycles. The molecule has 0 aliphatic rings. The van der Waals surface area contributed by atoms with Crippen molar-refractivity contribution in [2.45, 2.75) is 53.5 Å². The first-order chi connectivity index (χ1) is 18.2. The molecular formula is C32H36N2O4. The summed E-state index contributed by atoms with van der Waals surface area (Å²) >= 11 is 0. The summed E-state index contributed by atoms with van der Waals surface area (Å²) in [5.41, 5.74) is 6.72. The first-order valence-corrected chi connectivity index (χ1v) is 13.1. The number of esters is 1. The van der Waals surface area contributed by atoms with Gasteiger partial charge in [0.05, 0.1) is 17.8 Å². The summed E-state index contributed by atoms with van der Waals surface area (Å²) in [6.07, 6.45) is 0.263. The SMILES string of the molecule is CCOC(=O)C(Cc1ccccc1)C(=O)Nc1ccc(C)c2c1cc(C)n2Cc1ccc(O)c(C(C)C)c1. The molecule has 0 saturated heterocycles. The maximum atomic E-state index is 13.4. The number of ether oxygens (including phenoxy) is 1. The largest absolute Gasteiger partial charge is 0.508 e. The fourth-order valence-corrected chi connectivity index (χ4v) is 4.94. The lowest BCUT2D eigenvalue weighted by atomic mass is 9.98. The summed E-state index contributed by atoms with van der Waals surface area (Å²) < 4.78 is 7.47. The van der Waals surface area contributed by atoms with Crippen LogP contribution >= 0.6 is 0 Å². The molecular weight excluding hydrogens is 476 g/mol. The topological polar surface area (TPSA) is 80.6 Å². The van der Waals surface area contributed by atoms with Crippen LogP contribution in [-0.2, 0) is 27.3 Å². The zero-order valence-electron chi connectivity index (χ0n) is 22.7. The second-order valence-electron chi connectivity index (χ2n) is 10.1. The van der Waals surface area contributed by atoms with Gasteiger partial charge in [-0.05, 0) is 73.6 Å². The van der Waals surface area contributed by atoms with Gasteiger partial charge in [0.2, 0.25) is 5.91 Å². The number of aromatic hydroxyl groups is 1. The van der Waals surface area contributed by atoms with E-state index in [1.54, 1.807) is 13.0 Å². The van der Waals surface area contributed by atoms with Crippen molar-refractivity contribution in [3.63, 3.8) is 0 Å². The molecule has 1 heterocycles. The number of carbonyl (C=O) groups is 2. The Morgan fingerprint density at radius 2 is 1.71 bits per heavy atom. The molecule has 0 radical (unpaired) electrons. The third kappa shape index (κ3) is 5.75. The van der Waals surface area contributed by atoms with Gasteiger partial charge >= 0.3 is 5.97 Å². The molecule has 2 N–H and O–H groups in total. The predicted octanol–water partition coefficient (Wildman–Crippen LogP) is 6.50. The Labute approximate surface area is 224 Å². The standard InChI is InChI=1S/C32H36N2O4/c1-6-38-32(37)27(17-23-10-8-7-9-11-23)31(36)33-28-14-12-21(4)30-26(28)16-22(5)34(30)19-24-13-15-29(35)25(18-24)20(2)3/h7-16,18,20,27,35H,6,17,19H2,1-5H3,(H,33,36). The maximum Gasteiger partial charge on any atom is 0.318 e. The molecule has 1 aromatic heterocycles. The van der Waals surface area contributed by atoms with Crippen LogP contribution in [0.4, 0.5) is 5.69 Å². The van der Waals surface area contributed by atoms with Gasteiger partial charge in [-0.25, -0.2) is 0 Å². The van der Waals surface area contributed by atoms with Crippen LogP contribution in [0.3, 0.4) is 0 Å². The highest BCUT2D eigenvalue weighted by Gasteiger charge is 2.29. The Hall–Kier alpha value is -4.06. The van der Waals surface area contributed by atoms with Crippen LogP contribution in [0.15, 0.2) is 66.7 Å². The summed E-state index contributed by atoms with van der Waals surface area (Å²) in [5, 5.41) is 14.2. The number of hydrogen-bond acceptors (Lipinski definition) is 4. The zero-order valence-corrected chi connectivity index (χ0v) is 22.7. The van der Waals surface area contributed by atoms with Gasteiger partial charge in [-0.3, -0.25) is 9.59 Å². The number of carbonyl (C=O) groups excluding carboxylic acids is 2. The number of rotatable bonds is 9. The van der Waals surface area contributed by atoms with Gasteiger partial charge in [-0.15, -0.1) is 0 Å². The van der Waals surface area contributed by atoms with Crippen molar-refractivity contribution in [3.8, 4) is 5.75 Å². The van der Waals surface area contributed by atoms with Crippen molar-refractivity contribution >= 4 is 28.5 Å². The molecule has 6 nitrogen and oxygen atoms in total. The lowest BCUT2D eigenvalue weighted by Crippen LogP contribution is -2.33. The third-order valence-corrected chi connectivity index (χ3v) is 6.95. The number of hydrogen-bond donors (Lipinski definition) is 2. The number of anilines is 1. The Morgan fingerprint density at radius 1 is 0.974 bits per heavy atom. The van der Waals surface area contributed by atoms with Gasteiger partial charge in [0.25, 0.3) is 0 Å². The number of amides is 1. The number of phenolic OH excluding ortho intramolecular Hbond substituents is 1. The number of nitrogens with one attached hydrogen (secondary N) is 1. The van der Waals surface area contributed by atoms with E-state index >= 15 is 0 Å². The third-order valence-electron chi connectivity index (χ3n) is 6.95. The fraction of sp³-hybridized carbons (Fsp3) is 0.312. The van der Waals surface area contributed by atoms with Crippen LogP contribution in [0, 0.1) is 19.8 Å². The lowest BCUT2D eigenvalue weighted by Gasteiger charge is -2.17. The fourth-order valence-electron chi connectivity index (χ4n) is 4.94. The van der Waals surface area contributed by atoms with Crippen LogP contribution in [-0.4, -0.2) is 28.2 Å². The monoisotopic (exact) mass is 512 g/mol. The minimum atomic E-state index is -0.955. The molecule has 1 atom stereocenters. The second-order valence-corrected chi connectivity index (χ2v) is 10.1. The van der Waals surface area contributed by atoms with Gasteiger partial charge < -0.3 is 19.7 Å². The normalized spacial score (nSPS) is 12.1. The molecule has 3 aromatic carbocycles. The first-order valence-electron chi connectivity index (χ1n) is 13.1. The molecule has 4 aromatic rings. The van der Waals surface area contributed by atoms with Crippen LogP contribution in [0.25, 0.3) is 10.9 Å². The van der Waals surface area contributed by atoms with E-state index < -0.39 is 11.9 Å². The molecule has 4 rings (SSSR count). The molecule has 0 spiro atoms. The summed E-state index contributed by atoms with van der Waals surface area (Å²) in [5.74, 6) is -1.35. The van der Waals surface area contributed by atoms with Crippen molar-refractivity contribution in [1.29, 1.82) is 0 Å². The summed E-state index contributed by atoms with van der Waals surface area (Å²) in [4.78, 5) is 26.2. The number of phenols is 1. The molecule has 6 heteroatoms. The average molecular weight is 513 g/mol. The van der Waals surface area contributed by atoms with Crippen molar-refractivity contribution in [3.05, 3.63) is 94.7 Å².